The van der Waals surface area contributed by atoms with E-state index in [9.17, 15) is 4.79 Å². The summed E-state index contributed by atoms with van der Waals surface area (Å²) in [7, 11) is 0. The molecule has 1 N–H and O–H groups in total. The number of hydrogen-bond acceptors (Lipinski definition) is 4. The van der Waals surface area contributed by atoms with Crippen molar-refractivity contribution < 1.29 is 4.79 Å². The maximum absolute atomic E-state index is 12.5. The van der Waals surface area contributed by atoms with E-state index in [0.29, 0.717) is 5.56 Å². The zero-order valence-corrected chi connectivity index (χ0v) is 14.4. The molecule has 1 aromatic rings. The van der Waals surface area contributed by atoms with Crippen molar-refractivity contribution in [1.82, 2.24) is 15.2 Å². The number of anilines is 1. The van der Waals surface area contributed by atoms with E-state index < -0.39 is 0 Å². The number of rotatable bonds is 4. The summed E-state index contributed by atoms with van der Waals surface area (Å²) in [5.41, 5.74) is 0.678. The minimum atomic E-state index is 0.0220. The molecule has 2 aliphatic heterocycles. The van der Waals surface area contributed by atoms with Crippen molar-refractivity contribution in [3.8, 4) is 0 Å². The second-order valence-corrected chi connectivity index (χ2v) is 7.49. The SMILES string of the molecule is O=C(NC1CCN(C2CCCC2)C1)c1ccc(N2CCCC2)nc1. The number of likely N-dealkylation sites (tertiary alicyclic amines) is 1. The van der Waals surface area contributed by atoms with Crippen LogP contribution in [0.2, 0.25) is 0 Å². The van der Waals surface area contributed by atoms with Crippen molar-refractivity contribution in [2.75, 3.05) is 31.1 Å². The molecule has 1 saturated carbocycles. The van der Waals surface area contributed by atoms with Gasteiger partial charge in [-0.3, -0.25) is 9.69 Å². The van der Waals surface area contributed by atoms with Gasteiger partial charge in [-0.2, -0.15) is 0 Å². The highest BCUT2D eigenvalue weighted by Gasteiger charge is 2.30. The second-order valence-electron chi connectivity index (χ2n) is 7.49. The zero-order valence-electron chi connectivity index (χ0n) is 14.4. The molecule has 130 valence electrons. The van der Waals surface area contributed by atoms with Crippen LogP contribution in [0.4, 0.5) is 5.82 Å². The lowest BCUT2D eigenvalue weighted by Crippen LogP contribution is -2.39. The average Bonchev–Trinajstić information content (AvgIpc) is 3.36. The summed E-state index contributed by atoms with van der Waals surface area (Å²) in [6.45, 7) is 4.30. The number of hydrogen-bond donors (Lipinski definition) is 1. The van der Waals surface area contributed by atoms with Gasteiger partial charge in [0.05, 0.1) is 5.56 Å². The van der Waals surface area contributed by atoms with Gasteiger partial charge in [0, 0.05) is 44.5 Å². The van der Waals surface area contributed by atoms with E-state index in [0.717, 1.165) is 44.5 Å². The second kappa shape index (κ2) is 7.09. The fraction of sp³-hybridized carbons (Fsp3) is 0.684. The maximum Gasteiger partial charge on any atom is 0.253 e. The summed E-state index contributed by atoms with van der Waals surface area (Å²) < 4.78 is 0. The zero-order chi connectivity index (χ0) is 16.4. The predicted molar refractivity (Wildman–Crippen MR) is 95.4 cm³/mol. The third-order valence-corrected chi connectivity index (χ3v) is 5.84. The summed E-state index contributed by atoms with van der Waals surface area (Å²) in [5, 5.41) is 3.20. The van der Waals surface area contributed by atoms with E-state index in [2.05, 4.69) is 20.1 Å². The molecule has 3 fully saturated rings. The highest BCUT2D eigenvalue weighted by molar-refractivity contribution is 5.94. The monoisotopic (exact) mass is 328 g/mol. The third-order valence-electron chi connectivity index (χ3n) is 5.84. The smallest absolute Gasteiger partial charge is 0.253 e. The Kier molecular flexibility index (Phi) is 4.69. The summed E-state index contributed by atoms with van der Waals surface area (Å²) in [6, 6.07) is 4.95. The molecule has 0 aromatic carbocycles. The summed E-state index contributed by atoms with van der Waals surface area (Å²) in [4.78, 5) is 21.8. The van der Waals surface area contributed by atoms with Crippen molar-refractivity contribution in [2.45, 2.75) is 57.0 Å². The first-order valence-electron chi connectivity index (χ1n) is 9.55. The van der Waals surface area contributed by atoms with Crippen LogP contribution in [0.3, 0.4) is 0 Å². The Hall–Kier alpha value is -1.62. The fourth-order valence-electron chi connectivity index (χ4n) is 4.43. The van der Waals surface area contributed by atoms with Gasteiger partial charge in [-0.05, 0) is 44.2 Å². The molecule has 24 heavy (non-hydrogen) atoms. The average molecular weight is 328 g/mol. The van der Waals surface area contributed by atoms with Crippen LogP contribution in [0, 0.1) is 0 Å². The van der Waals surface area contributed by atoms with Gasteiger partial charge in [0.15, 0.2) is 0 Å². The molecule has 1 atom stereocenters. The molecular weight excluding hydrogens is 300 g/mol. The standard InChI is InChI=1S/C19H28N4O/c24-19(15-7-8-18(20-13-15)22-10-3-4-11-22)21-16-9-12-23(14-16)17-5-1-2-6-17/h7-8,13,16-17H,1-6,9-12,14H2,(H,21,24). The van der Waals surface area contributed by atoms with Crippen LogP contribution in [0.5, 0.6) is 0 Å². The molecule has 0 spiro atoms. The van der Waals surface area contributed by atoms with Gasteiger partial charge in [-0.15, -0.1) is 0 Å². The number of carbonyl (C=O) groups is 1. The van der Waals surface area contributed by atoms with Crippen LogP contribution in [0.25, 0.3) is 0 Å². The lowest BCUT2D eigenvalue weighted by atomic mass is 10.2. The Morgan fingerprint density at radius 3 is 2.54 bits per heavy atom. The van der Waals surface area contributed by atoms with E-state index in [1.54, 1.807) is 6.20 Å². The quantitative estimate of drug-likeness (QED) is 0.922. The topological polar surface area (TPSA) is 48.5 Å². The molecule has 1 aliphatic carbocycles. The van der Waals surface area contributed by atoms with Crippen LogP contribution in [-0.2, 0) is 0 Å². The van der Waals surface area contributed by atoms with E-state index in [1.165, 1.54) is 38.5 Å². The lowest BCUT2D eigenvalue weighted by molar-refractivity contribution is 0.0936. The summed E-state index contributed by atoms with van der Waals surface area (Å²) >= 11 is 0. The van der Waals surface area contributed by atoms with Gasteiger partial charge >= 0.3 is 0 Å². The van der Waals surface area contributed by atoms with Gasteiger partial charge in [0.25, 0.3) is 5.91 Å². The Balaban J connectivity index is 1.31. The Morgan fingerprint density at radius 1 is 1.04 bits per heavy atom. The Labute approximate surface area is 144 Å². The van der Waals surface area contributed by atoms with Crippen molar-refractivity contribution in [3.63, 3.8) is 0 Å². The first-order valence-corrected chi connectivity index (χ1v) is 9.55. The molecule has 1 unspecified atom stereocenters. The normalized spacial score (nSPS) is 25.5. The molecule has 2 saturated heterocycles. The number of pyridine rings is 1. The van der Waals surface area contributed by atoms with E-state index in [-0.39, 0.29) is 11.9 Å². The molecule has 1 aromatic heterocycles. The van der Waals surface area contributed by atoms with Crippen LogP contribution < -0.4 is 10.2 Å². The van der Waals surface area contributed by atoms with Crippen molar-refractivity contribution >= 4 is 11.7 Å². The van der Waals surface area contributed by atoms with Crippen molar-refractivity contribution in [2.24, 2.45) is 0 Å². The maximum atomic E-state index is 12.5. The first kappa shape index (κ1) is 15.9. The van der Waals surface area contributed by atoms with Gasteiger partial charge in [0.1, 0.15) is 5.82 Å². The number of amides is 1. The third kappa shape index (κ3) is 3.41. The lowest BCUT2D eigenvalue weighted by Gasteiger charge is -2.23. The number of aromatic nitrogens is 1. The van der Waals surface area contributed by atoms with Gasteiger partial charge in [-0.1, -0.05) is 12.8 Å². The van der Waals surface area contributed by atoms with Gasteiger partial charge < -0.3 is 10.2 Å². The molecule has 5 nitrogen and oxygen atoms in total. The van der Waals surface area contributed by atoms with Gasteiger partial charge in [0.2, 0.25) is 0 Å². The molecule has 0 bridgehead atoms. The highest BCUT2D eigenvalue weighted by Crippen LogP contribution is 2.26. The van der Waals surface area contributed by atoms with Crippen molar-refractivity contribution in [1.29, 1.82) is 0 Å². The molecular formula is C19H28N4O. The predicted octanol–water partition coefficient (Wildman–Crippen LogP) is 2.43. The van der Waals surface area contributed by atoms with E-state index in [1.807, 2.05) is 12.1 Å². The largest absolute Gasteiger partial charge is 0.357 e. The van der Waals surface area contributed by atoms with Crippen LogP contribution in [0.15, 0.2) is 18.3 Å². The van der Waals surface area contributed by atoms with Gasteiger partial charge in [-0.25, -0.2) is 4.98 Å². The molecule has 3 heterocycles. The van der Waals surface area contributed by atoms with Crippen molar-refractivity contribution in [3.05, 3.63) is 23.9 Å². The molecule has 0 radical (unpaired) electrons. The van der Waals surface area contributed by atoms with Crippen LogP contribution in [0.1, 0.15) is 55.3 Å². The van der Waals surface area contributed by atoms with E-state index >= 15 is 0 Å². The molecule has 3 aliphatic rings. The first-order chi connectivity index (χ1) is 11.8. The number of nitrogens with one attached hydrogen (secondary N) is 1. The minimum absolute atomic E-state index is 0.0220. The Morgan fingerprint density at radius 2 is 1.83 bits per heavy atom. The summed E-state index contributed by atoms with van der Waals surface area (Å²) in [5.74, 6) is 1.02. The number of carbonyl (C=O) groups excluding carboxylic acids is 1. The highest BCUT2D eigenvalue weighted by atomic mass is 16.1. The summed E-state index contributed by atoms with van der Waals surface area (Å²) in [6.07, 6.45) is 10.7. The fourth-order valence-corrected chi connectivity index (χ4v) is 4.43. The Bertz CT molecular complexity index is 561. The number of nitrogens with zero attached hydrogens (tertiary/aromatic N) is 3. The molecule has 4 rings (SSSR count). The van der Waals surface area contributed by atoms with Crippen LogP contribution >= 0.6 is 0 Å². The van der Waals surface area contributed by atoms with Crippen LogP contribution in [-0.4, -0.2) is 54.1 Å². The molecule has 5 heteroatoms. The minimum Gasteiger partial charge on any atom is -0.357 e. The van der Waals surface area contributed by atoms with E-state index in [4.69, 9.17) is 0 Å². The molecule has 1 amide bonds.